The van der Waals surface area contributed by atoms with Crippen molar-refractivity contribution in [3.63, 3.8) is 0 Å². The van der Waals surface area contributed by atoms with Crippen molar-refractivity contribution in [2.75, 3.05) is 20.2 Å². The highest BCUT2D eigenvalue weighted by atomic mass is 16.5. The highest BCUT2D eigenvalue weighted by molar-refractivity contribution is 5.36. The molecule has 0 aliphatic rings. The number of hydrogen-bond donors (Lipinski definition) is 0. The summed E-state index contributed by atoms with van der Waals surface area (Å²) in [6.07, 6.45) is 2.47. The van der Waals surface area contributed by atoms with Crippen LogP contribution in [-0.4, -0.2) is 39.9 Å². The summed E-state index contributed by atoms with van der Waals surface area (Å²) >= 11 is 0. The average Bonchev–Trinajstić information content (AvgIpc) is 2.89. The molecule has 0 aliphatic heterocycles. The molecular formula is C15H19N5O. The Labute approximate surface area is 124 Å². The third-order valence-electron chi connectivity index (χ3n) is 3.13. The number of hydrogen-bond acceptors (Lipinski definition) is 5. The molecule has 0 N–H and O–H groups in total. The summed E-state index contributed by atoms with van der Waals surface area (Å²) in [7, 11) is 3.94. The highest BCUT2D eigenvalue weighted by Gasteiger charge is 2.05. The van der Waals surface area contributed by atoms with E-state index < -0.39 is 0 Å². The van der Waals surface area contributed by atoms with Gasteiger partial charge in [0.25, 0.3) is 0 Å². The molecule has 0 amide bonds. The van der Waals surface area contributed by atoms with E-state index in [4.69, 9.17) is 10.00 Å². The van der Waals surface area contributed by atoms with E-state index in [2.05, 4.69) is 21.1 Å². The summed E-state index contributed by atoms with van der Waals surface area (Å²) in [5.41, 5.74) is 0.618. The minimum atomic E-state index is 0.618. The minimum Gasteiger partial charge on any atom is -0.494 e. The van der Waals surface area contributed by atoms with Gasteiger partial charge in [0.1, 0.15) is 17.9 Å². The van der Waals surface area contributed by atoms with Gasteiger partial charge < -0.3 is 4.74 Å². The van der Waals surface area contributed by atoms with Crippen LogP contribution in [-0.2, 0) is 13.6 Å². The molecule has 0 aliphatic carbocycles. The topological polar surface area (TPSA) is 67.0 Å². The fourth-order valence-electron chi connectivity index (χ4n) is 1.96. The first-order valence-corrected chi connectivity index (χ1v) is 6.83. The standard InChI is InChI=1S/C15H19N5O/c1-19(11-15-17-12-18-20(15)2)7-4-8-21-14-6-3-5-13(9-14)10-16/h3,5-6,9,12H,4,7-8,11H2,1-2H3. The van der Waals surface area contributed by atoms with E-state index >= 15 is 0 Å². The van der Waals surface area contributed by atoms with Crippen molar-refractivity contribution in [3.8, 4) is 11.8 Å². The summed E-state index contributed by atoms with van der Waals surface area (Å²) in [5, 5.41) is 12.9. The van der Waals surface area contributed by atoms with Gasteiger partial charge in [0.05, 0.1) is 24.8 Å². The molecule has 0 saturated carbocycles. The number of benzene rings is 1. The van der Waals surface area contributed by atoms with Gasteiger partial charge >= 0.3 is 0 Å². The quantitative estimate of drug-likeness (QED) is 0.723. The number of nitrogens with zero attached hydrogens (tertiary/aromatic N) is 5. The Morgan fingerprint density at radius 1 is 1.43 bits per heavy atom. The van der Waals surface area contributed by atoms with Crippen LogP contribution in [0.3, 0.4) is 0 Å². The Balaban J connectivity index is 1.69. The smallest absolute Gasteiger partial charge is 0.140 e. The van der Waals surface area contributed by atoms with E-state index in [1.165, 1.54) is 0 Å². The van der Waals surface area contributed by atoms with Gasteiger partial charge in [-0.3, -0.25) is 9.58 Å². The minimum absolute atomic E-state index is 0.618. The third-order valence-corrected chi connectivity index (χ3v) is 3.13. The average molecular weight is 285 g/mol. The molecule has 0 radical (unpaired) electrons. The second kappa shape index (κ2) is 7.41. The first kappa shape index (κ1) is 15.0. The van der Waals surface area contributed by atoms with Crippen molar-refractivity contribution in [1.82, 2.24) is 19.7 Å². The van der Waals surface area contributed by atoms with E-state index in [0.717, 1.165) is 31.1 Å². The van der Waals surface area contributed by atoms with Gasteiger partial charge in [-0.05, 0) is 31.7 Å². The van der Waals surface area contributed by atoms with Crippen molar-refractivity contribution in [2.24, 2.45) is 7.05 Å². The molecule has 2 rings (SSSR count). The Hall–Kier alpha value is -2.39. The zero-order valence-corrected chi connectivity index (χ0v) is 12.4. The Morgan fingerprint density at radius 3 is 3.00 bits per heavy atom. The van der Waals surface area contributed by atoms with Gasteiger partial charge in [-0.2, -0.15) is 10.4 Å². The molecule has 0 saturated heterocycles. The first-order valence-electron chi connectivity index (χ1n) is 6.83. The lowest BCUT2D eigenvalue weighted by molar-refractivity contribution is 0.254. The molecule has 21 heavy (non-hydrogen) atoms. The van der Waals surface area contributed by atoms with Crippen LogP contribution in [0.5, 0.6) is 5.75 Å². The normalized spacial score (nSPS) is 10.6. The predicted octanol–water partition coefficient (Wildman–Crippen LogP) is 1.59. The molecule has 0 bridgehead atoms. The van der Waals surface area contributed by atoms with Crippen LogP contribution in [0.1, 0.15) is 17.8 Å². The van der Waals surface area contributed by atoms with Crippen molar-refractivity contribution >= 4 is 0 Å². The lowest BCUT2D eigenvalue weighted by Crippen LogP contribution is -2.22. The van der Waals surface area contributed by atoms with Gasteiger partial charge in [-0.15, -0.1) is 0 Å². The summed E-state index contributed by atoms with van der Waals surface area (Å²) < 4.78 is 7.43. The Bertz CT molecular complexity index is 617. The zero-order chi connectivity index (χ0) is 15.1. The molecule has 110 valence electrons. The largest absolute Gasteiger partial charge is 0.494 e. The zero-order valence-electron chi connectivity index (χ0n) is 12.4. The molecule has 0 spiro atoms. The van der Waals surface area contributed by atoms with E-state index in [0.29, 0.717) is 12.2 Å². The maximum Gasteiger partial charge on any atom is 0.140 e. The highest BCUT2D eigenvalue weighted by Crippen LogP contribution is 2.12. The van der Waals surface area contributed by atoms with Gasteiger partial charge in [0.2, 0.25) is 0 Å². The van der Waals surface area contributed by atoms with Crippen LogP contribution in [0.2, 0.25) is 0 Å². The molecular weight excluding hydrogens is 266 g/mol. The lowest BCUT2D eigenvalue weighted by atomic mass is 10.2. The lowest BCUT2D eigenvalue weighted by Gasteiger charge is -2.16. The van der Waals surface area contributed by atoms with Crippen molar-refractivity contribution in [2.45, 2.75) is 13.0 Å². The Morgan fingerprint density at radius 2 is 2.29 bits per heavy atom. The molecule has 1 heterocycles. The number of aryl methyl sites for hydroxylation is 1. The molecule has 0 unspecified atom stereocenters. The van der Waals surface area contributed by atoms with Crippen molar-refractivity contribution in [1.29, 1.82) is 5.26 Å². The monoisotopic (exact) mass is 285 g/mol. The first-order chi connectivity index (χ1) is 10.2. The third kappa shape index (κ3) is 4.58. The molecule has 6 heteroatoms. The number of nitriles is 1. The van der Waals surface area contributed by atoms with E-state index in [1.807, 2.05) is 26.2 Å². The van der Waals surface area contributed by atoms with E-state index in [1.54, 1.807) is 23.1 Å². The van der Waals surface area contributed by atoms with Crippen molar-refractivity contribution in [3.05, 3.63) is 42.0 Å². The summed E-state index contributed by atoms with van der Waals surface area (Å²) in [5.74, 6) is 1.69. The maximum absolute atomic E-state index is 8.83. The SMILES string of the molecule is CN(CCCOc1cccc(C#N)c1)Cc1ncnn1C. The maximum atomic E-state index is 8.83. The van der Waals surface area contributed by atoms with Crippen LogP contribution in [0.25, 0.3) is 0 Å². The second-order valence-electron chi connectivity index (χ2n) is 4.88. The van der Waals surface area contributed by atoms with Gasteiger partial charge in [0, 0.05) is 13.6 Å². The molecule has 1 aromatic heterocycles. The second-order valence-corrected chi connectivity index (χ2v) is 4.88. The van der Waals surface area contributed by atoms with Crippen LogP contribution < -0.4 is 4.74 Å². The van der Waals surface area contributed by atoms with Crippen LogP contribution in [0.4, 0.5) is 0 Å². The molecule has 6 nitrogen and oxygen atoms in total. The summed E-state index contributed by atoms with van der Waals surface area (Å²) in [6.45, 7) is 2.29. The van der Waals surface area contributed by atoms with Crippen LogP contribution in [0.15, 0.2) is 30.6 Å². The number of rotatable bonds is 7. The fourth-order valence-corrected chi connectivity index (χ4v) is 1.96. The number of aromatic nitrogens is 3. The predicted molar refractivity (Wildman–Crippen MR) is 78.6 cm³/mol. The molecule has 2 aromatic rings. The van der Waals surface area contributed by atoms with E-state index in [-0.39, 0.29) is 0 Å². The van der Waals surface area contributed by atoms with Gasteiger partial charge in [-0.1, -0.05) is 6.07 Å². The number of ether oxygens (including phenoxy) is 1. The van der Waals surface area contributed by atoms with E-state index in [9.17, 15) is 0 Å². The molecule has 1 aromatic carbocycles. The fraction of sp³-hybridized carbons (Fsp3) is 0.400. The van der Waals surface area contributed by atoms with Crippen molar-refractivity contribution < 1.29 is 4.74 Å². The molecule has 0 fully saturated rings. The summed E-state index contributed by atoms with van der Waals surface area (Å²) in [4.78, 5) is 6.38. The van der Waals surface area contributed by atoms with Gasteiger partial charge in [-0.25, -0.2) is 4.98 Å². The molecule has 0 atom stereocenters. The summed E-state index contributed by atoms with van der Waals surface area (Å²) in [6, 6.07) is 9.31. The van der Waals surface area contributed by atoms with Gasteiger partial charge in [0.15, 0.2) is 0 Å². The van der Waals surface area contributed by atoms with Crippen LogP contribution in [0, 0.1) is 11.3 Å². The Kier molecular flexibility index (Phi) is 5.29. The van der Waals surface area contributed by atoms with Crippen LogP contribution >= 0.6 is 0 Å².